The van der Waals surface area contributed by atoms with Gasteiger partial charge in [0.2, 0.25) is 0 Å². The van der Waals surface area contributed by atoms with Crippen LogP contribution in [0.2, 0.25) is 0 Å². The van der Waals surface area contributed by atoms with Crippen LogP contribution in [0.15, 0.2) is 54.6 Å². The van der Waals surface area contributed by atoms with Crippen LogP contribution in [0, 0.1) is 12.7 Å². The molecule has 0 saturated heterocycles. The Morgan fingerprint density at radius 2 is 1.63 bits per heavy atom. The van der Waals surface area contributed by atoms with Gasteiger partial charge in [0.25, 0.3) is 0 Å². The van der Waals surface area contributed by atoms with Crippen molar-refractivity contribution in [2.45, 2.75) is 46.3 Å². The van der Waals surface area contributed by atoms with Crippen LogP contribution in [0.25, 0.3) is 0 Å². The van der Waals surface area contributed by atoms with Crippen molar-refractivity contribution < 1.29 is 13.9 Å². The molecule has 0 aliphatic carbocycles. The molecular formula is C22H31FN2O2. The standard InChI is InChI=1S/C15H24N2O2.C7H7F/c1-12(13-8-6-5-7-9-13)16-10-11-17-14(18)19-15(2,3)4;1-6-2-4-7(8)5-3-6/h5-9,12,16H,10-11H2,1-4H3,(H,17,18);2-5H,1H3. The predicted molar refractivity (Wildman–Crippen MR) is 108 cm³/mol. The lowest BCUT2D eigenvalue weighted by atomic mass is 10.1. The molecule has 0 aliphatic heterocycles. The number of benzene rings is 2. The van der Waals surface area contributed by atoms with Crippen molar-refractivity contribution in [1.29, 1.82) is 0 Å². The molecule has 2 aromatic rings. The summed E-state index contributed by atoms with van der Waals surface area (Å²) in [6.45, 7) is 10.8. The van der Waals surface area contributed by atoms with E-state index in [1.807, 2.05) is 45.9 Å². The SMILES string of the molecule is CC(NCCNC(=O)OC(C)(C)C)c1ccccc1.Cc1ccc(F)cc1. The van der Waals surface area contributed by atoms with Crippen LogP contribution in [-0.4, -0.2) is 24.8 Å². The van der Waals surface area contributed by atoms with Gasteiger partial charge in [0.05, 0.1) is 0 Å². The summed E-state index contributed by atoms with van der Waals surface area (Å²) in [5, 5.41) is 6.07. The number of amides is 1. The molecule has 2 N–H and O–H groups in total. The maximum atomic E-state index is 12.1. The van der Waals surface area contributed by atoms with Crippen LogP contribution in [0.3, 0.4) is 0 Å². The van der Waals surface area contributed by atoms with E-state index in [2.05, 4.69) is 29.7 Å². The highest BCUT2D eigenvalue weighted by Gasteiger charge is 2.15. The van der Waals surface area contributed by atoms with Crippen molar-refractivity contribution in [3.05, 3.63) is 71.5 Å². The Bertz CT molecular complexity index is 646. The van der Waals surface area contributed by atoms with Crippen LogP contribution >= 0.6 is 0 Å². The molecule has 0 radical (unpaired) electrons. The number of rotatable bonds is 5. The number of hydrogen-bond donors (Lipinski definition) is 2. The topological polar surface area (TPSA) is 50.4 Å². The van der Waals surface area contributed by atoms with E-state index in [1.165, 1.54) is 17.7 Å². The predicted octanol–water partition coefficient (Wildman–Crippen LogP) is 5.00. The average Bonchev–Trinajstić information content (AvgIpc) is 2.61. The van der Waals surface area contributed by atoms with Gasteiger partial charge in [-0.05, 0) is 52.3 Å². The highest BCUT2D eigenvalue weighted by atomic mass is 19.1. The molecule has 0 saturated carbocycles. The Morgan fingerprint density at radius 1 is 1.04 bits per heavy atom. The first-order valence-electron chi connectivity index (χ1n) is 9.15. The van der Waals surface area contributed by atoms with Crippen LogP contribution in [0.4, 0.5) is 9.18 Å². The zero-order valence-corrected chi connectivity index (χ0v) is 16.9. The van der Waals surface area contributed by atoms with E-state index < -0.39 is 5.60 Å². The van der Waals surface area contributed by atoms with Crippen molar-refractivity contribution in [2.75, 3.05) is 13.1 Å². The number of carbonyl (C=O) groups excluding carboxylic acids is 1. The minimum Gasteiger partial charge on any atom is -0.444 e. The van der Waals surface area contributed by atoms with Crippen LogP contribution in [-0.2, 0) is 4.74 Å². The molecule has 1 amide bonds. The van der Waals surface area contributed by atoms with E-state index in [9.17, 15) is 9.18 Å². The van der Waals surface area contributed by atoms with Crippen molar-refractivity contribution in [3.63, 3.8) is 0 Å². The molecule has 0 fully saturated rings. The van der Waals surface area contributed by atoms with Crippen molar-refractivity contribution in [3.8, 4) is 0 Å². The van der Waals surface area contributed by atoms with Gasteiger partial charge in [0.15, 0.2) is 0 Å². The van der Waals surface area contributed by atoms with Gasteiger partial charge >= 0.3 is 6.09 Å². The van der Waals surface area contributed by atoms with E-state index in [1.54, 1.807) is 12.1 Å². The van der Waals surface area contributed by atoms with E-state index in [4.69, 9.17) is 4.74 Å². The molecule has 0 aromatic heterocycles. The van der Waals surface area contributed by atoms with Crippen LogP contribution in [0.5, 0.6) is 0 Å². The summed E-state index contributed by atoms with van der Waals surface area (Å²) >= 11 is 0. The number of hydrogen-bond acceptors (Lipinski definition) is 3. The van der Waals surface area contributed by atoms with E-state index in [0.717, 1.165) is 5.56 Å². The number of halogens is 1. The molecule has 4 nitrogen and oxygen atoms in total. The second-order valence-electron chi connectivity index (χ2n) is 7.31. The zero-order chi connectivity index (χ0) is 20.3. The summed E-state index contributed by atoms with van der Waals surface area (Å²) in [7, 11) is 0. The van der Waals surface area contributed by atoms with Gasteiger partial charge in [-0.2, -0.15) is 0 Å². The fraction of sp³-hybridized carbons (Fsp3) is 0.409. The molecule has 1 atom stereocenters. The minimum absolute atomic E-state index is 0.171. The first kappa shape index (κ1) is 22.6. The maximum absolute atomic E-state index is 12.1. The van der Waals surface area contributed by atoms with E-state index in [0.29, 0.717) is 13.1 Å². The normalized spacial score (nSPS) is 11.8. The Labute approximate surface area is 162 Å². The van der Waals surface area contributed by atoms with Crippen molar-refractivity contribution in [1.82, 2.24) is 10.6 Å². The Hall–Kier alpha value is -2.40. The molecule has 1 unspecified atom stereocenters. The van der Waals surface area contributed by atoms with E-state index >= 15 is 0 Å². The van der Waals surface area contributed by atoms with Gasteiger partial charge in [-0.1, -0.05) is 48.0 Å². The highest BCUT2D eigenvalue weighted by Crippen LogP contribution is 2.10. The van der Waals surface area contributed by atoms with E-state index in [-0.39, 0.29) is 18.0 Å². The summed E-state index contributed by atoms with van der Waals surface area (Å²) in [6.07, 6.45) is -0.373. The summed E-state index contributed by atoms with van der Waals surface area (Å²) in [5.74, 6) is -0.171. The van der Waals surface area contributed by atoms with Gasteiger partial charge in [-0.3, -0.25) is 0 Å². The molecule has 0 aliphatic rings. The Balaban J connectivity index is 0.000000377. The molecule has 27 heavy (non-hydrogen) atoms. The third kappa shape index (κ3) is 11.0. The molecule has 5 heteroatoms. The van der Waals surface area contributed by atoms with Gasteiger partial charge in [-0.25, -0.2) is 9.18 Å². The Kier molecular flexibility index (Phi) is 9.51. The summed E-state index contributed by atoms with van der Waals surface area (Å²) in [4.78, 5) is 11.4. The lowest BCUT2D eigenvalue weighted by Gasteiger charge is -2.20. The van der Waals surface area contributed by atoms with Gasteiger partial charge in [0.1, 0.15) is 11.4 Å². The smallest absolute Gasteiger partial charge is 0.407 e. The molecule has 2 rings (SSSR count). The molecule has 148 valence electrons. The van der Waals surface area contributed by atoms with Crippen molar-refractivity contribution in [2.24, 2.45) is 0 Å². The molecule has 0 bridgehead atoms. The Morgan fingerprint density at radius 3 is 2.15 bits per heavy atom. The second kappa shape index (κ2) is 11.3. The second-order valence-corrected chi connectivity index (χ2v) is 7.31. The molecule has 0 spiro atoms. The number of nitrogens with one attached hydrogen (secondary N) is 2. The number of carbonyl (C=O) groups is 1. The fourth-order valence-corrected chi connectivity index (χ4v) is 2.16. The summed E-state index contributed by atoms with van der Waals surface area (Å²) in [6, 6.07) is 16.9. The third-order valence-corrected chi connectivity index (χ3v) is 3.55. The van der Waals surface area contributed by atoms with Gasteiger partial charge in [0, 0.05) is 19.1 Å². The fourth-order valence-electron chi connectivity index (χ4n) is 2.16. The summed E-state index contributed by atoms with van der Waals surface area (Å²) in [5.41, 5.74) is 1.88. The monoisotopic (exact) mass is 374 g/mol. The first-order chi connectivity index (χ1) is 12.7. The minimum atomic E-state index is -0.450. The average molecular weight is 375 g/mol. The van der Waals surface area contributed by atoms with Gasteiger partial charge < -0.3 is 15.4 Å². The number of ether oxygens (including phenoxy) is 1. The number of aryl methyl sites for hydroxylation is 1. The molecule has 0 heterocycles. The quantitative estimate of drug-likeness (QED) is 0.725. The summed E-state index contributed by atoms with van der Waals surface area (Å²) < 4.78 is 17.2. The van der Waals surface area contributed by atoms with Crippen molar-refractivity contribution >= 4 is 6.09 Å². The lowest BCUT2D eigenvalue weighted by Crippen LogP contribution is -2.36. The lowest BCUT2D eigenvalue weighted by molar-refractivity contribution is 0.0528. The van der Waals surface area contributed by atoms with Gasteiger partial charge in [-0.15, -0.1) is 0 Å². The third-order valence-electron chi connectivity index (χ3n) is 3.55. The zero-order valence-electron chi connectivity index (χ0n) is 16.9. The molecule has 2 aromatic carbocycles. The molecular weight excluding hydrogens is 343 g/mol. The largest absolute Gasteiger partial charge is 0.444 e. The van der Waals surface area contributed by atoms with Crippen LogP contribution in [0.1, 0.15) is 44.9 Å². The highest BCUT2D eigenvalue weighted by molar-refractivity contribution is 5.67. The van der Waals surface area contributed by atoms with Crippen LogP contribution < -0.4 is 10.6 Å². The first-order valence-corrected chi connectivity index (χ1v) is 9.15. The number of alkyl carbamates (subject to hydrolysis) is 1. The maximum Gasteiger partial charge on any atom is 0.407 e.